The smallest absolute Gasteiger partial charge is 0.0247 e. The second kappa shape index (κ2) is 6.02. The first kappa shape index (κ1) is 12.4. The minimum atomic E-state index is 0.447. The van der Waals surface area contributed by atoms with E-state index in [0.717, 1.165) is 5.92 Å². The van der Waals surface area contributed by atoms with Gasteiger partial charge in [0.1, 0.15) is 0 Å². The number of hydrogen-bond acceptors (Lipinski definition) is 2. The Morgan fingerprint density at radius 2 is 1.94 bits per heavy atom. The maximum Gasteiger partial charge on any atom is 0.0247 e. The van der Waals surface area contributed by atoms with E-state index >= 15 is 0 Å². The van der Waals surface area contributed by atoms with Crippen molar-refractivity contribution in [2.45, 2.75) is 70.4 Å². The van der Waals surface area contributed by atoms with E-state index in [4.69, 9.17) is 5.73 Å². The predicted molar refractivity (Wildman–Crippen MR) is 69.4 cm³/mol. The Balaban J connectivity index is 1.86. The van der Waals surface area contributed by atoms with Gasteiger partial charge >= 0.3 is 0 Å². The molecule has 0 aromatic heterocycles. The van der Waals surface area contributed by atoms with Crippen molar-refractivity contribution >= 4 is 0 Å². The molecule has 1 heterocycles. The summed E-state index contributed by atoms with van der Waals surface area (Å²) < 4.78 is 0. The summed E-state index contributed by atoms with van der Waals surface area (Å²) in [5.41, 5.74) is 6.34. The van der Waals surface area contributed by atoms with Crippen LogP contribution in [0.5, 0.6) is 0 Å². The van der Waals surface area contributed by atoms with Gasteiger partial charge in [0.05, 0.1) is 0 Å². The van der Waals surface area contributed by atoms with Gasteiger partial charge in [0, 0.05) is 18.6 Å². The summed E-state index contributed by atoms with van der Waals surface area (Å²) >= 11 is 0. The molecule has 0 spiro atoms. The van der Waals surface area contributed by atoms with E-state index in [-0.39, 0.29) is 0 Å². The van der Waals surface area contributed by atoms with Gasteiger partial charge in [-0.1, -0.05) is 32.6 Å². The number of nitrogens with zero attached hydrogens (tertiary/aromatic N) is 1. The molecule has 2 nitrogen and oxygen atoms in total. The fraction of sp³-hybridized carbons (Fsp3) is 1.00. The third-order valence-corrected chi connectivity index (χ3v) is 4.51. The maximum absolute atomic E-state index is 6.34. The normalized spacial score (nSPS) is 37.5. The van der Waals surface area contributed by atoms with Crippen molar-refractivity contribution in [1.29, 1.82) is 0 Å². The largest absolute Gasteiger partial charge is 0.326 e. The van der Waals surface area contributed by atoms with Crippen LogP contribution in [0.15, 0.2) is 0 Å². The van der Waals surface area contributed by atoms with Gasteiger partial charge in [0.2, 0.25) is 0 Å². The molecular weight excluding hydrogens is 196 g/mol. The standard InChI is InChI=1S/C14H28N2/c1-2-6-12-9-10-16(11-12)14-8-5-3-4-7-13(14)15/h12-14H,2-11,15H2,1H3. The van der Waals surface area contributed by atoms with Gasteiger partial charge in [0.25, 0.3) is 0 Å². The third kappa shape index (κ3) is 2.98. The van der Waals surface area contributed by atoms with Crippen LogP contribution < -0.4 is 5.73 Å². The Labute approximate surface area is 101 Å². The maximum atomic E-state index is 6.34. The minimum absolute atomic E-state index is 0.447. The first-order valence-electron chi connectivity index (χ1n) is 7.31. The first-order chi connectivity index (χ1) is 7.81. The molecule has 2 fully saturated rings. The summed E-state index contributed by atoms with van der Waals surface area (Å²) in [5.74, 6) is 0.959. The average molecular weight is 224 g/mol. The number of likely N-dealkylation sites (tertiary alicyclic amines) is 1. The molecule has 1 saturated heterocycles. The number of hydrogen-bond donors (Lipinski definition) is 1. The van der Waals surface area contributed by atoms with E-state index in [2.05, 4.69) is 11.8 Å². The van der Waals surface area contributed by atoms with Crippen LogP contribution in [0, 0.1) is 5.92 Å². The number of nitrogens with two attached hydrogens (primary N) is 1. The van der Waals surface area contributed by atoms with Crippen molar-refractivity contribution in [3.8, 4) is 0 Å². The summed E-state index contributed by atoms with van der Waals surface area (Å²) in [6.07, 6.45) is 10.9. The third-order valence-electron chi connectivity index (χ3n) is 4.51. The second-order valence-corrected chi connectivity index (χ2v) is 5.81. The zero-order valence-electron chi connectivity index (χ0n) is 10.8. The number of rotatable bonds is 3. The molecule has 0 amide bonds. The SMILES string of the molecule is CCCC1CCN(C2CCCCCC2N)C1. The minimum Gasteiger partial charge on any atom is -0.326 e. The Kier molecular flexibility index (Phi) is 4.66. The van der Waals surface area contributed by atoms with E-state index in [1.807, 2.05) is 0 Å². The molecule has 1 aliphatic heterocycles. The molecule has 0 aromatic rings. The fourth-order valence-corrected chi connectivity index (χ4v) is 3.58. The molecule has 94 valence electrons. The van der Waals surface area contributed by atoms with Crippen LogP contribution in [0.25, 0.3) is 0 Å². The molecule has 0 radical (unpaired) electrons. The van der Waals surface area contributed by atoms with Gasteiger partial charge < -0.3 is 5.73 Å². The molecule has 2 aliphatic rings. The van der Waals surface area contributed by atoms with Crippen LogP contribution in [0.3, 0.4) is 0 Å². The van der Waals surface area contributed by atoms with Gasteiger partial charge in [-0.05, 0) is 38.1 Å². The molecule has 1 aliphatic carbocycles. The lowest BCUT2D eigenvalue weighted by atomic mass is 10.0. The summed E-state index contributed by atoms with van der Waals surface area (Å²) in [7, 11) is 0. The molecule has 0 bridgehead atoms. The quantitative estimate of drug-likeness (QED) is 0.747. The lowest BCUT2D eigenvalue weighted by Crippen LogP contribution is -2.46. The molecule has 2 heteroatoms. The van der Waals surface area contributed by atoms with E-state index in [1.54, 1.807) is 0 Å². The molecule has 0 aromatic carbocycles. The van der Waals surface area contributed by atoms with Gasteiger partial charge in [0.15, 0.2) is 0 Å². The highest BCUT2D eigenvalue weighted by atomic mass is 15.2. The zero-order chi connectivity index (χ0) is 11.4. The van der Waals surface area contributed by atoms with Crippen LogP contribution in [-0.2, 0) is 0 Å². The molecule has 3 atom stereocenters. The van der Waals surface area contributed by atoms with Gasteiger partial charge in [-0.25, -0.2) is 0 Å². The predicted octanol–water partition coefficient (Wildman–Crippen LogP) is 2.77. The van der Waals surface area contributed by atoms with Crippen molar-refractivity contribution in [3.63, 3.8) is 0 Å². The molecular formula is C14H28N2. The molecule has 2 rings (SSSR count). The van der Waals surface area contributed by atoms with E-state index in [1.165, 1.54) is 64.5 Å². The topological polar surface area (TPSA) is 29.3 Å². The summed E-state index contributed by atoms with van der Waals surface area (Å²) in [4.78, 5) is 2.70. The highest BCUT2D eigenvalue weighted by Crippen LogP contribution is 2.28. The second-order valence-electron chi connectivity index (χ2n) is 5.81. The van der Waals surface area contributed by atoms with Gasteiger partial charge in [-0.3, -0.25) is 4.90 Å². The summed E-state index contributed by atoms with van der Waals surface area (Å²) in [5, 5.41) is 0. The Morgan fingerprint density at radius 1 is 1.12 bits per heavy atom. The van der Waals surface area contributed by atoms with Crippen molar-refractivity contribution in [3.05, 3.63) is 0 Å². The first-order valence-corrected chi connectivity index (χ1v) is 7.31. The van der Waals surface area contributed by atoms with Crippen LogP contribution in [-0.4, -0.2) is 30.1 Å². The molecule has 2 N–H and O–H groups in total. The fourth-order valence-electron chi connectivity index (χ4n) is 3.58. The molecule has 1 saturated carbocycles. The van der Waals surface area contributed by atoms with Gasteiger partial charge in [-0.2, -0.15) is 0 Å². The summed E-state index contributed by atoms with van der Waals surface area (Å²) in [6, 6.07) is 1.15. The van der Waals surface area contributed by atoms with Crippen molar-refractivity contribution in [2.75, 3.05) is 13.1 Å². The van der Waals surface area contributed by atoms with Gasteiger partial charge in [-0.15, -0.1) is 0 Å². The monoisotopic (exact) mass is 224 g/mol. The molecule has 3 unspecified atom stereocenters. The van der Waals surface area contributed by atoms with E-state index < -0.39 is 0 Å². The van der Waals surface area contributed by atoms with Crippen LogP contribution in [0.2, 0.25) is 0 Å². The molecule has 16 heavy (non-hydrogen) atoms. The van der Waals surface area contributed by atoms with Crippen LogP contribution in [0.1, 0.15) is 58.3 Å². The van der Waals surface area contributed by atoms with E-state index in [0.29, 0.717) is 12.1 Å². The lowest BCUT2D eigenvalue weighted by molar-refractivity contribution is 0.192. The Morgan fingerprint density at radius 3 is 2.75 bits per heavy atom. The van der Waals surface area contributed by atoms with E-state index in [9.17, 15) is 0 Å². The Bertz CT molecular complexity index is 205. The Hall–Kier alpha value is -0.0800. The zero-order valence-corrected chi connectivity index (χ0v) is 10.8. The highest BCUT2D eigenvalue weighted by molar-refractivity contribution is 4.88. The average Bonchev–Trinajstić information content (AvgIpc) is 2.61. The summed E-state index contributed by atoms with van der Waals surface area (Å²) in [6.45, 7) is 4.94. The van der Waals surface area contributed by atoms with Crippen LogP contribution in [0.4, 0.5) is 0 Å². The lowest BCUT2D eigenvalue weighted by Gasteiger charge is -2.31. The van der Waals surface area contributed by atoms with Crippen molar-refractivity contribution in [2.24, 2.45) is 11.7 Å². The highest BCUT2D eigenvalue weighted by Gasteiger charge is 2.31. The van der Waals surface area contributed by atoms with Crippen LogP contribution >= 0.6 is 0 Å². The van der Waals surface area contributed by atoms with Crippen molar-refractivity contribution < 1.29 is 0 Å². The van der Waals surface area contributed by atoms with Crippen molar-refractivity contribution in [1.82, 2.24) is 4.90 Å².